The number of carbonyl (C=O) groups is 2. The van der Waals surface area contributed by atoms with Crippen LogP contribution < -0.4 is 5.32 Å². The molecule has 114 valence electrons. The van der Waals surface area contributed by atoms with E-state index in [1.807, 2.05) is 11.8 Å². The lowest BCUT2D eigenvalue weighted by atomic mass is 9.81. The number of nitrogens with one attached hydrogen (secondary N) is 1. The lowest BCUT2D eigenvalue weighted by Gasteiger charge is -2.43. The van der Waals surface area contributed by atoms with Gasteiger partial charge >= 0.3 is 0 Å². The minimum absolute atomic E-state index is 0.0731. The monoisotopic (exact) mass is 280 g/mol. The lowest BCUT2D eigenvalue weighted by molar-refractivity contribution is -0.152. The van der Waals surface area contributed by atoms with Crippen molar-refractivity contribution < 1.29 is 9.59 Å². The molecule has 0 spiro atoms. The second-order valence-corrected chi connectivity index (χ2v) is 6.66. The first-order valence-electron chi connectivity index (χ1n) is 8.15. The fraction of sp³-hybridized carbons (Fsp3) is 0.875. The largest absolute Gasteiger partial charge is 0.342 e. The summed E-state index contributed by atoms with van der Waals surface area (Å²) in [5, 5.41) is 2.98. The average Bonchev–Trinajstić information content (AvgIpc) is 2.42. The average molecular weight is 280 g/mol. The predicted molar refractivity (Wildman–Crippen MR) is 79.1 cm³/mol. The van der Waals surface area contributed by atoms with Crippen LogP contribution in [0.1, 0.15) is 59.3 Å². The molecule has 0 aromatic carbocycles. The molecule has 4 nitrogen and oxygen atoms in total. The number of amides is 2. The SMILES string of the molecule is CCN1C(=O)C(CC(C)C)NC(=O)C1C1CCCCC1. The fourth-order valence-electron chi connectivity index (χ4n) is 3.70. The summed E-state index contributed by atoms with van der Waals surface area (Å²) >= 11 is 0. The summed E-state index contributed by atoms with van der Waals surface area (Å²) in [4.78, 5) is 26.9. The van der Waals surface area contributed by atoms with E-state index in [-0.39, 0.29) is 23.9 Å². The highest BCUT2D eigenvalue weighted by atomic mass is 16.2. The highest BCUT2D eigenvalue weighted by Crippen LogP contribution is 2.31. The van der Waals surface area contributed by atoms with Gasteiger partial charge in [0.1, 0.15) is 12.1 Å². The van der Waals surface area contributed by atoms with Crippen LogP contribution in [0.15, 0.2) is 0 Å². The van der Waals surface area contributed by atoms with Crippen LogP contribution in [0.5, 0.6) is 0 Å². The number of hydrogen-bond acceptors (Lipinski definition) is 2. The summed E-state index contributed by atoms with van der Waals surface area (Å²) in [6.45, 7) is 6.80. The van der Waals surface area contributed by atoms with E-state index in [0.717, 1.165) is 19.3 Å². The summed E-state index contributed by atoms with van der Waals surface area (Å²) in [7, 11) is 0. The second kappa shape index (κ2) is 6.59. The normalized spacial score (nSPS) is 28.9. The number of nitrogens with zero attached hydrogens (tertiary/aromatic N) is 1. The van der Waals surface area contributed by atoms with E-state index in [2.05, 4.69) is 19.2 Å². The van der Waals surface area contributed by atoms with Gasteiger partial charge < -0.3 is 10.2 Å². The molecule has 1 aliphatic heterocycles. The molecule has 1 heterocycles. The Kier molecular flexibility index (Phi) is 5.06. The molecule has 1 saturated heterocycles. The summed E-state index contributed by atoms with van der Waals surface area (Å²) in [6, 6.07) is -0.543. The summed E-state index contributed by atoms with van der Waals surface area (Å²) in [5.41, 5.74) is 0. The zero-order valence-electron chi connectivity index (χ0n) is 13.0. The van der Waals surface area contributed by atoms with Crippen molar-refractivity contribution in [3.63, 3.8) is 0 Å². The number of rotatable bonds is 4. The quantitative estimate of drug-likeness (QED) is 0.859. The molecule has 1 saturated carbocycles. The van der Waals surface area contributed by atoms with Gasteiger partial charge in [0.2, 0.25) is 11.8 Å². The van der Waals surface area contributed by atoms with Crippen LogP contribution >= 0.6 is 0 Å². The zero-order chi connectivity index (χ0) is 14.7. The van der Waals surface area contributed by atoms with Crippen molar-refractivity contribution in [2.24, 2.45) is 11.8 Å². The van der Waals surface area contributed by atoms with Gasteiger partial charge in [-0.3, -0.25) is 9.59 Å². The topological polar surface area (TPSA) is 49.4 Å². The lowest BCUT2D eigenvalue weighted by Crippen LogP contribution is -2.65. The Morgan fingerprint density at radius 1 is 1.20 bits per heavy atom. The van der Waals surface area contributed by atoms with Crippen molar-refractivity contribution in [1.29, 1.82) is 0 Å². The van der Waals surface area contributed by atoms with E-state index in [1.165, 1.54) is 19.3 Å². The van der Waals surface area contributed by atoms with E-state index in [0.29, 0.717) is 18.4 Å². The molecule has 2 fully saturated rings. The van der Waals surface area contributed by atoms with Crippen molar-refractivity contribution in [3.8, 4) is 0 Å². The van der Waals surface area contributed by atoms with Crippen LogP contribution in [-0.4, -0.2) is 35.3 Å². The van der Waals surface area contributed by atoms with Crippen LogP contribution in [0.4, 0.5) is 0 Å². The molecule has 2 unspecified atom stereocenters. The number of carbonyl (C=O) groups excluding carboxylic acids is 2. The van der Waals surface area contributed by atoms with Crippen molar-refractivity contribution in [3.05, 3.63) is 0 Å². The van der Waals surface area contributed by atoms with Crippen LogP contribution in [0, 0.1) is 11.8 Å². The molecule has 2 aliphatic rings. The molecule has 2 atom stereocenters. The molecule has 20 heavy (non-hydrogen) atoms. The van der Waals surface area contributed by atoms with E-state index in [9.17, 15) is 9.59 Å². The summed E-state index contributed by atoms with van der Waals surface area (Å²) in [6.07, 6.45) is 6.54. The Morgan fingerprint density at radius 2 is 1.85 bits per heavy atom. The highest BCUT2D eigenvalue weighted by Gasteiger charge is 2.43. The molecule has 0 aromatic heterocycles. The Bertz CT molecular complexity index is 361. The zero-order valence-corrected chi connectivity index (χ0v) is 13.0. The maximum absolute atomic E-state index is 12.6. The third-order valence-electron chi connectivity index (χ3n) is 4.65. The number of likely N-dealkylation sites (N-methyl/N-ethyl adjacent to an activating group) is 1. The summed E-state index contributed by atoms with van der Waals surface area (Å²) < 4.78 is 0. The standard InChI is InChI=1S/C16H28N2O2/c1-4-18-14(12-8-6-5-7-9-12)15(19)17-13(16(18)20)10-11(2)3/h11-14H,4-10H2,1-3H3,(H,17,19). The Morgan fingerprint density at radius 3 is 2.40 bits per heavy atom. The summed E-state index contributed by atoms with van der Waals surface area (Å²) in [5.74, 6) is 0.960. The van der Waals surface area contributed by atoms with Crippen LogP contribution in [0.3, 0.4) is 0 Å². The second-order valence-electron chi connectivity index (χ2n) is 6.66. The third kappa shape index (κ3) is 3.15. The molecule has 0 aromatic rings. The van der Waals surface area contributed by atoms with E-state index in [4.69, 9.17) is 0 Å². The van der Waals surface area contributed by atoms with Gasteiger partial charge in [-0.1, -0.05) is 33.1 Å². The van der Waals surface area contributed by atoms with Crippen molar-refractivity contribution in [2.75, 3.05) is 6.54 Å². The van der Waals surface area contributed by atoms with Crippen LogP contribution in [-0.2, 0) is 9.59 Å². The fourth-order valence-corrected chi connectivity index (χ4v) is 3.70. The van der Waals surface area contributed by atoms with Crippen LogP contribution in [0.25, 0.3) is 0 Å². The van der Waals surface area contributed by atoms with E-state index >= 15 is 0 Å². The molecule has 1 aliphatic carbocycles. The van der Waals surface area contributed by atoms with Gasteiger partial charge in [0.15, 0.2) is 0 Å². The molecule has 2 rings (SSSR count). The minimum Gasteiger partial charge on any atom is -0.342 e. The molecular formula is C16H28N2O2. The van der Waals surface area contributed by atoms with Crippen LogP contribution in [0.2, 0.25) is 0 Å². The van der Waals surface area contributed by atoms with E-state index in [1.54, 1.807) is 0 Å². The van der Waals surface area contributed by atoms with Crippen molar-refractivity contribution >= 4 is 11.8 Å². The maximum Gasteiger partial charge on any atom is 0.245 e. The van der Waals surface area contributed by atoms with Gasteiger partial charge in [0.25, 0.3) is 0 Å². The predicted octanol–water partition coefficient (Wildman–Crippen LogP) is 2.33. The van der Waals surface area contributed by atoms with Gasteiger partial charge in [0, 0.05) is 6.54 Å². The third-order valence-corrected chi connectivity index (χ3v) is 4.65. The smallest absolute Gasteiger partial charge is 0.245 e. The number of hydrogen-bond donors (Lipinski definition) is 1. The molecule has 0 radical (unpaired) electrons. The Labute approximate surface area is 122 Å². The van der Waals surface area contributed by atoms with E-state index < -0.39 is 0 Å². The highest BCUT2D eigenvalue weighted by molar-refractivity contribution is 5.97. The van der Waals surface area contributed by atoms with Gasteiger partial charge in [-0.25, -0.2) is 0 Å². The molecule has 4 heteroatoms. The first kappa shape index (κ1) is 15.3. The Balaban J connectivity index is 2.13. The first-order valence-corrected chi connectivity index (χ1v) is 8.15. The van der Waals surface area contributed by atoms with Gasteiger partial charge in [-0.05, 0) is 38.0 Å². The maximum atomic E-state index is 12.6. The van der Waals surface area contributed by atoms with Crippen molar-refractivity contribution in [1.82, 2.24) is 10.2 Å². The molecule has 2 amide bonds. The Hall–Kier alpha value is -1.06. The van der Waals surface area contributed by atoms with Crippen molar-refractivity contribution in [2.45, 2.75) is 71.4 Å². The van der Waals surface area contributed by atoms with Gasteiger partial charge in [-0.2, -0.15) is 0 Å². The number of piperazine rings is 1. The molecular weight excluding hydrogens is 252 g/mol. The van der Waals surface area contributed by atoms with Gasteiger partial charge in [0.05, 0.1) is 0 Å². The molecule has 1 N–H and O–H groups in total. The first-order chi connectivity index (χ1) is 9.54. The van der Waals surface area contributed by atoms with Gasteiger partial charge in [-0.15, -0.1) is 0 Å². The molecule has 0 bridgehead atoms. The minimum atomic E-state index is -0.317.